The van der Waals surface area contributed by atoms with Crippen LogP contribution in [0.5, 0.6) is 0 Å². The second-order valence-corrected chi connectivity index (χ2v) is 22.2. The Labute approximate surface area is 371 Å². The molecular weight excluding hydrogens is 824 g/mol. The minimum absolute atomic E-state index is 0.0907. The summed E-state index contributed by atoms with van der Waals surface area (Å²) < 4.78 is 35.4. The van der Waals surface area contributed by atoms with Gasteiger partial charge in [0.15, 0.2) is 18.9 Å². The summed E-state index contributed by atoms with van der Waals surface area (Å²) in [5.41, 5.74) is -1.50. The van der Waals surface area contributed by atoms with Gasteiger partial charge in [0.05, 0.1) is 43.7 Å². The van der Waals surface area contributed by atoms with Crippen molar-refractivity contribution < 1.29 is 84.6 Å². The maximum absolute atomic E-state index is 12.5. The van der Waals surface area contributed by atoms with Crippen molar-refractivity contribution >= 4 is 0 Å². The molecule has 11 N–H and O–H groups in total. The second kappa shape index (κ2) is 18.2. The molecule has 3 saturated heterocycles. The molecule has 0 unspecified atom stereocenters. The van der Waals surface area contributed by atoms with Gasteiger partial charge in [0.25, 0.3) is 0 Å². The molecule has 3 aliphatic heterocycles. The van der Waals surface area contributed by atoms with Crippen LogP contribution < -0.4 is 0 Å². The lowest BCUT2D eigenvalue weighted by Crippen LogP contribution is -2.70. The molecule has 4 saturated carbocycles. The van der Waals surface area contributed by atoms with Gasteiger partial charge in [0.1, 0.15) is 61.0 Å². The van der Waals surface area contributed by atoms with Crippen molar-refractivity contribution in [2.75, 3.05) is 19.8 Å². The van der Waals surface area contributed by atoms with Gasteiger partial charge in [-0.1, -0.05) is 46.3 Å². The van der Waals surface area contributed by atoms with Crippen molar-refractivity contribution in [2.24, 2.45) is 45.3 Å². The highest BCUT2D eigenvalue weighted by molar-refractivity contribution is 5.22. The quantitative estimate of drug-likeness (QED) is 0.124. The van der Waals surface area contributed by atoms with Crippen LogP contribution in [-0.2, 0) is 28.4 Å². The van der Waals surface area contributed by atoms with Gasteiger partial charge in [-0.15, -0.1) is 0 Å². The van der Waals surface area contributed by atoms with E-state index in [0.29, 0.717) is 38.5 Å². The highest BCUT2D eigenvalue weighted by Crippen LogP contribution is 2.76. The molecule has 24 atom stereocenters. The van der Waals surface area contributed by atoms with Crippen LogP contribution in [0.3, 0.4) is 0 Å². The Morgan fingerprint density at radius 2 is 1.35 bits per heavy atom. The van der Waals surface area contributed by atoms with Gasteiger partial charge < -0.3 is 84.6 Å². The predicted octanol–water partition coefficient (Wildman–Crippen LogP) is 0.222. The van der Waals surface area contributed by atoms with Gasteiger partial charge >= 0.3 is 0 Å². The van der Waals surface area contributed by atoms with E-state index in [1.807, 2.05) is 20.8 Å². The van der Waals surface area contributed by atoms with Crippen molar-refractivity contribution in [3.63, 3.8) is 0 Å². The molecule has 0 radical (unpaired) electrons. The summed E-state index contributed by atoms with van der Waals surface area (Å²) in [5, 5.41) is 121. The van der Waals surface area contributed by atoms with Gasteiger partial charge in [-0.3, -0.25) is 0 Å². The summed E-state index contributed by atoms with van der Waals surface area (Å²) in [5.74, 6) is -0.536. The van der Waals surface area contributed by atoms with Gasteiger partial charge in [-0.25, -0.2) is 0 Å². The number of allylic oxidation sites excluding steroid dienone is 2. The molecule has 4 aliphatic carbocycles. The Hall–Kier alpha value is -0.940. The zero-order valence-corrected chi connectivity index (χ0v) is 38.3. The topological polar surface area (TPSA) is 278 Å². The summed E-state index contributed by atoms with van der Waals surface area (Å²) in [6.45, 7) is 15.8. The summed E-state index contributed by atoms with van der Waals surface area (Å²) in [6.07, 6.45) is -14.4. The van der Waals surface area contributed by atoms with Gasteiger partial charge in [0, 0.05) is 0 Å². The Balaban J connectivity index is 1.07. The second-order valence-electron chi connectivity index (χ2n) is 22.2. The molecule has 0 aromatic carbocycles. The van der Waals surface area contributed by atoms with Crippen LogP contribution in [0.4, 0.5) is 0 Å². The van der Waals surface area contributed by atoms with Crippen LogP contribution >= 0.6 is 0 Å². The normalized spacial score (nSPS) is 53.1. The number of aliphatic hydroxyl groups is 11. The largest absolute Gasteiger partial charge is 0.393 e. The fourth-order valence-electron chi connectivity index (χ4n) is 14.3. The first kappa shape index (κ1) is 50.0. The zero-order valence-electron chi connectivity index (χ0n) is 38.3. The van der Waals surface area contributed by atoms with E-state index in [9.17, 15) is 56.2 Å². The fraction of sp³-hybridized carbons (Fsp3) is 0.957. The molecule has 7 aliphatic rings. The average molecular weight is 903 g/mol. The SMILES string of the molecule is CC(C)=CCC[C@](C)(O[C@@H]1O[C@H](CO[C@@H]2OC[C@H](O[C@@H]3OC[C@@H](O)[C@H](O)[C@H]3O)[C@H](O)[C@H]2O)[C@@H](O)[C@H](O)[C@H]1O)[C@H]1CC[C@]2(C)[C@@H]1[C@H](O)C[C@@H]1[C@@]3(C)CC[C@H](O)C(C)(C)[C@@H]3[C@@H](O)C[C@]12C. The molecule has 0 bridgehead atoms. The van der Waals surface area contributed by atoms with E-state index in [0.717, 1.165) is 18.4 Å². The predicted molar refractivity (Wildman–Crippen MR) is 223 cm³/mol. The van der Waals surface area contributed by atoms with E-state index < -0.39 is 121 Å². The summed E-state index contributed by atoms with van der Waals surface area (Å²) >= 11 is 0. The lowest BCUT2D eigenvalue weighted by atomic mass is 9.34. The van der Waals surface area contributed by atoms with Crippen molar-refractivity contribution in [3.05, 3.63) is 11.6 Å². The monoisotopic (exact) mass is 903 g/mol. The summed E-state index contributed by atoms with van der Waals surface area (Å²) in [6, 6.07) is 0. The van der Waals surface area contributed by atoms with Gasteiger partial charge in [0.2, 0.25) is 0 Å². The number of rotatable bonds is 11. The Morgan fingerprint density at radius 3 is 2.03 bits per heavy atom. The van der Waals surface area contributed by atoms with Crippen LogP contribution in [0, 0.1) is 45.3 Å². The van der Waals surface area contributed by atoms with E-state index >= 15 is 0 Å². The molecule has 0 spiro atoms. The highest BCUT2D eigenvalue weighted by atomic mass is 16.7. The molecule has 0 aromatic rings. The average Bonchev–Trinajstić information content (AvgIpc) is 3.60. The van der Waals surface area contributed by atoms with Gasteiger partial charge in [-0.2, -0.15) is 0 Å². The van der Waals surface area contributed by atoms with E-state index in [1.54, 1.807) is 0 Å². The standard InChI is InChI=1S/C46H78O17/c1-21(2)10-9-13-46(8,22-11-15-44(6)30(22)23(47)16-28-43(5)14-12-29(50)42(3,4)38(43)24(48)17-45(28,44)7)63-41-37(57)34(54)32(52)26(62-41)19-59-39-36(56)33(53)27(20-60-39)61-40-35(55)31(51)25(49)18-58-40/h10,22-41,47-57H,9,11-20H2,1-8H3/t22-,23+,24-,25+,26+,27-,28+,29-,30-,31-,32+,33-,34-,35+,36+,37+,38-,39+,40-,41-,43+,44+,45+,46-/m0/s1. The van der Waals surface area contributed by atoms with Crippen LogP contribution in [0.25, 0.3) is 0 Å². The van der Waals surface area contributed by atoms with Crippen LogP contribution in [-0.4, -0.2) is 180 Å². The third-order valence-electron chi connectivity index (χ3n) is 17.9. The third kappa shape index (κ3) is 8.53. The van der Waals surface area contributed by atoms with E-state index in [2.05, 4.69) is 40.7 Å². The van der Waals surface area contributed by atoms with Gasteiger partial charge in [-0.05, 0) is 117 Å². The van der Waals surface area contributed by atoms with Crippen LogP contribution in [0.1, 0.15) is 107 Å². The number of hydrogen-bond acceptors (Lipinski definition) is 17. The lowest BCUT2D eigenvalue weighted by Gasteiger charge is -2.71. The fourth-order valence-corrected chi connectivity index (χ4v) is 14.3. The molecule has 7 rings (SSSR count). The summed E-state index contributed by atoms with van der Waals surface area (Å²) in [4.78, 5) is 0. The molecule has 0 amide bonds. The molecule has 17 nitrogen and oxygen atoms in total. The third-order valence-corrected chi connectivity index (χ3v) is 17.9. The van der Waals surface area contributed by atoms with Crippen molar-refractivity contribution in [1.82, 2.24) is 0 Å². The van der Waals surface area contributed by atoms with Crippen LogP contribution in [0.2, 0.25) is 0 Å². The number of aliphatic hydroxyl groups excluding tert-OH is 11. The van der Waals surface area contributed by atoms with Crippen molar-refractivity contribution in [3.8, 4) is 0 Å². The van der Waals surface area contributed by atoms with Crippen molar-refractivity contribution in [1.29, 1.82) is 0 Å². The van der Waals surface area contributed by atoms with Crippen LogP contribution in [0.15, 0.2) is 11.6 Å². The molecule has 63 heavy (non-hydrogen) atoms. The number of hydrogen-bond donors (Lipinski definition) is 11. The maximum Gasteiger partial charge on any atom is 0.187 e. The Morgan fingerprint density at radius 1 is 0.698 bits per heavy atom. The van der Waals surface area contributed by atoms with E-state index in [-0.39, 0.29) is 47.7 Å². The summed E-state index contributed by atoms with van der Waals surface area (Å²) in [7, 11) is 0. The number of ether oxygens (including phenoxy) is 6. The van der Waals surface area contributed by atoms with E-state index in [4.69, 9.17) is 28.4 Å². The zero-order chi connectivity index (χ0) is 46.4. The van der Waals surface area contributed by atoms with Crippen molar-refractivity contribution in [2.45, 2.75) is 211 Å². The molecule has 364 valence electrons. The first-order valence-corrected chi connectivity index (χ1v) is 23.3. The first-order valence-electron chi connectivity index (χ1n) is 23.3. The maximum atomic E-state index is 12.5. The Kier molecular flexibility index (Phi) is 14.4. The molecular formula is C46H78O17. The minimum Gasteiger partial charge on any atom is -0.393 e. The lowest BCUT2D eigenvalue weighted by molar-refractivity contribution is -0.351. The molecule has 3 heterocycles. The molecule has 0 aromatic heterocycles. The smallest absolute Gasteiger partial charge is 0.187 e. The Bertz CT molecular complexity index is 1610. The highest BCUT2D eigenvalue weighted by Gasteiger charge is 2.73. The number of fused-ring (bicyclic) bond motifs is 5. The minimum atomic E-state index is -1.72. The first-order chi connectivity index (χ1) is 29.3. The van der Waals surface area contributed by atoms with E-state index in [1.165, 1.54) is 0 Å². The molecule has 17 heteroatoms. The molecule has 7 fully saturated rings.